The lowest BCUT2D eigenvalue weighted by Crippen LogP contribution is -2.57. The number of hydrogen-bond donors (Lipinski definition) is 0. The monoisotopic (exact) mass is 378 g/mol. The number of carbonyl (C=O) groups excluding carboxylic acids is 1. The zero-order valence-electron chi connectivity index (χ0n) is 14.4. The fourth-order valence-corrected chi connectivity index (χ4v) is 4.59. The Balaban J connectivity index is 1.89. The molecule has 1 aliphatic heterocycles. The molecule has 2 aromatic carbocycles. The molecule has 1 saturated heterocycles. The highest BCUT2D eigenvalue weighted by Gasteiger charge is 2.40. The maximum Gasteiger partial charge on any atom is 0.245 e. The summed E-state index contributed by atoms with van der Waals surface area (Å²) in [5.74, 6) is -0.316. The van der Waals surface area contributed by atoms with Gasteiger partial charge in [0.05, 0.1) is 17.7 Å². The van der Waals surface area contributed by atoms with Crippen LogP contribution in [-0.4, -0.2) is 44.9 Å². The van der Waals surface area contributed by atoms with Crippen molar-refractivity contribution in [2.24, 2.45) is 0 Å². The summed E-state index contributed by atoms with van der Waals surface area (Å²) >= 11 is 0. The molecule has 1 unspecified atom stereocenters. The fraction of sp³-hybridized carbons (Fsp3) is 0.278. The maximum atomic E-state index is 13.1. The van der Waals surface area contributed by atoms with Gasteiger partial charge < -0.3 is 9.64 Å². The zero-order valence-corrected chi connectivity index (χ0v) is 15.2. The normalized spacial score (nSPS) is 18.8. The van der Waals surface area contributed by atoms with Crippen LogP contribution in [0.2, 0.25) is 0 Å². The molecule has 138 valence electrons. The Morgan fingerprint density at radius 1 is 1.08 bits per heavy atom. The van der Waals surface area contributed by atoms with Gasteiger partial charge in [-0.1, -0.05) is 12.1 Å². The first-order valence-corrected chi connectivity index (χ1v) is 9.52. The summed E-state index contributed by atoms with van der Waals surface area (Å²) in [4.78, 5) is 14.3. The van der Waals surface area contributed by atoms with Crippen LogP contribution in [0.5, 0.6) is 5.75 Å². The van der Waals surface area contributed by atoms with Crippen LogP contribution < -0.4 is 9.64 Å². The van der Waals surface area contributed by atoms with E-state index in [1.165, 1.54) is 24.1 Å². The number of piperazine rings is 1. The Hall–Kier alpha value is -2.45. The molecule has 3 rings (SSSR count). The number of benzene rings is 2. The minimum absolute atomic E-state index is 0.0377. The Bertz CT molecular complexity index is 915. The minimum Gasteiger partial charge on any atom is -0.495 e. The van der Waals surface area contributed by atoms with Crippen molar-refractivity contribution < 1.29 is 22.3 Å². The molecule has 26 heavy (non-hydrogen) atoms. The molecule has 0 aliphatic carbocycles. The van der Waals surface area contributed by atoms with Crippen molar-refractivity contribution in [2.45, 2.75) is 17.9 Å². The smallest absolute Gasteiger partial charge is 0.245 e. The summed E-state index contributed by atoms with van der Waals surface area (Å²) in [6.07, 6.45) is 0. The van der Waals surface area contributed by atoms with E-state index in [0.717, 1.165) is 16.4 Å². The van der Waals surface area contributed by atoms with Crippen LogP contribution in [0, 0.1) is 5.82 Å². The molecule has 1 fully saturated rings. The van der Waals surface area contributed by atoms with E-state index < -0.39 is 21.9 Å². The summed E-state index contributed by atoms with van der Waals surface area (Å²) < 4.78 is 45.2. The molecule has 0 saturated carbocycles. The maximum absolute atomic E-state index is 13.1. The Morgan fingerprint density at radius 3 is 2.38 bits per heavy atom. The highest BCUT2D eigenvalue weighted by molar-refractivity contribution is 7.89. The lowest BCUT2D eigenvalue weighted by atomic mass is 10.2. The number of nitrogens with zero attached hydrogens (tertiary/aromatic N) is 2. The second-order valence-corrected chi connectivity index (χ2v) is 7.80. The molecule has 0 bridgehead atoms. The Labute approximate surface area is 151 Å². The second kappa shape index (κ2) is 7.05. The number of para-hydroxylation sites is 2. The molecule has 1 amide bonds. The molecule has 2 aromatic rings. The predicted molar refractivity (Wildman–Crippen MR) is 95.1 cm³/mol. The number of rotatable bonds is 4. The van der Waals surface area contributed by atoms with E-state index in [0.29, 0.717) is 11.4 Å². The molecule has 8 heteroatoms. The second-order valence-electron chi connectivity index (χ2n) is 5.91. The quantitative estimate of drug-likeness (QED) is 0.819. The number of carbonyl (C=O) groups is 1. The number of methoxy groups -OCH3 is 1. The number of ether oxygens (including phenoxy) is 1. The van der Waals surface area contributed by atoms with Gasteiger partial charge in [0.15, 0.2) is 0 Å². The third kappa shape index (κ3) is 3.17. The first kappa shape index (κ1) is 18.3. The molecule has 1 aliphatic rings. The third-order valence-corrected chi connectivity index (χ3v) is 6.38. The van der Waals surface area contributed by atoms with Crippen molar-refractivity contribution >= 4 is 21.6 Å². The molecular weight excluding hydrogens is 359 g/mol. The van der Waals surface area contributed by atoms with Crippen molar-refractivity contribution in [3.63, 3.8) is 0 Å². The molecule has 0 N–H and O–H groups in total. The van der Waals surface area contributed by atoms with Crippen molar-refractivity contribution in [2.75, 3.05) is 25.1 Å². The lowest BCUT2D eigenvalue weighted by Gasteiger charge is -2.38. The van der Waals surface area contributed by atoms with E-state index in [1.807, 2.05) is 0 Å². The van der Waals surface area contributed by atoms with Gasteiger partial charge >= 0.3 is 0 Å². The highest BCUT2D eigenvalue weighted by Crippen LogP contribution is 2.31. The van der Waals surface area contributed by atoms with E-state index in [4.69, 9.17) is 4.74 Å². The number of hydrogen-bond acceptors (Lipinski definition) is 4. The fourth-order valence-electron chi connectivity index (χ4n) is 3.01. The lowest BCUT2D eigenvalue weighted by molar-refractivity contribution is -0.123. The summed E-state index contributed by atoms with van der Waals surface area (Å²) in [6, 6.07) is 10.8. The zero-order chi connectivity index (χ0) is 18.9. The first-order chi connectivity index (χ1) is 12.4. The summed E-state index contributed by atoms with van der Waals surface area (Å²) in [6.45, 7) is 1.87. The number of sulfonamides is 1. The van der Waals surface area contributed by atoms with Crippen LogP contribution in [-0.2, 0) is 14.8 Å². The van der Waals surface area contributed by atoms with E-state index in [9.17, 15) is 17.6 Å². The van der Waals surface area contributed by atoms with E-state index in [1.54, 1.807) is 31.2 Å². The van der Waals surface area contributed by atoms with Gasteiger partial charge in [-0.25, -0.2) is 12.8 Å². The van der Waals surface area contributed by atoms with Gasteiger partial charge in [0.2, 0.25) is 15.9 Å². The van der Waals surface area contributed by atoms with Gasteiger partial charge in [-0.2, -0.15) is 4.31 Å². The summed E-state index contributed by atoms with van der Waals surface area (Å²) in [5, 5.41) is 0. The standard InChI is InChI=1S/C18H19FN2O4S/c1-13-18(22)20(16-5-3-4-6-17(16)25-2)11-12-21(13)26(23,24)15-9-7-14(19)8-10-15/h3-10,13H,11-12H2,1-2H3. The van der Waals surface area contributed by atoms with Crippen molar-refractivity contribution in [1.29, 1.82) is 0 Å². The predicted octanol–water partition coefficient (Wildman–Crippen LogP) is 2.26. The van der Waals surface area contributed by atoms with Crippen LogP contribution in [0.15, 0.2) is 53.4 Å². The topological polar surface area (TPSA) is 66.9 Å². The molecule has 1 heterocycles. The van der Waals surface area contributed by atoms with Gasteiger partial charge in [-0.3, -0.25) is 4.79 Å². The SMILES string of the molecule is COc1ccccc1N1CCN(S(=O)(=O)c2ccc(F)cc2)C(C)C1=O. The molecule has 0 radical (unpaired) electrons. The molecule has 0 spiro atoms. The van der Waals surface area contributed by atoms with Crippen LogP contribution in [0.4, 0.5) is 10.1 Å². The Kier molecular flexibility index (Phi) is 4.97. The van der Waals surface area contributed by atoms with Crippen LogP contribution in [0.3, 0.4) is 0 Å². The summed E-state index contributed by atoms with van der Waals surface area (Å²) in [7, 11) is -2.38. The van der Waals surface area contributed by atoms with E-state index in [2.05, 4.69) is 0 Å². The largest absolute Gasteiger partial charge is 0.495 e. The minimum atomic E-state index is -3.89. The summed E-state index contributed by atoms with van der Waals surface area (Å²) in [5.41, 5.74) is 0.602. The average molecular weight is 378 g/mol. The number of amides is 1. The van der Waals surface area contributed by atoms with Gasteiger partial charge in [-0.05, 0) is 43.3 Å². The highest BCUT2D eigenvalue weighted by atomic mass is 32.2. The van der Waals surface area contributed by atoms with Crippen molar-refractivity contribution in [3.8, 4) is 5.75 Å². The van der Waals surface area contributed by atoms with Crippen LogP contribution >= 0.6 is 0 Å². The van der Waals surface area contributed by atoms with E-state index >= 15 is 0 Å². The first-order valence-electron chi connectivity index (χ1n) is 8.08. The number of anilines is 1. The average Bonchev–Trinajstić information content (AvgIpc) is 2.64. The van der Waals surface area contributed by atoms with Gasteiger partial charge in [-0.15, -0.1) is 0 Å². The van der Waals surface area contributed by atoms with Crippen LogP contribution in [0.1, 0.15) is 6.92 Å². The molecule has 0 aromatic heterocycles. The van der Waals surface area contributed by atoms with Gasteiger partial charge in [0.25, 0.3) is 0 Å². The van der Waals surface area contributed by atoms with Gasteiger partial charge in [0, 0.05) is 13.1 Å². The third-order valence-electron chi connectivity index (χ3n) is 4.40. The Morgan fingerprint density at radius 2 is 1.73 bits per heavy atom. The van der Waals surface area contributed by atoms with E-state index in [-0.39, 0.29) is 23.9 Å². The van der Waals surface area contributed by atoms with Crippen molar-refractivity contribution in [1.82, 2.24) is 4.31 Å². The van der Waals surface area contributed by atoms with Gasteiger partial charge in [0.1, 0.15) is 17.6 Å². The van der Waals surface area contributed by atoms with Crippen LogP contribution in [0.25, 0.3) is 0 Å². The molecular formula is C18H19FN2O4S. The molecule has 1 atom stereocenters. The van der Waals surface area contributed by atoms with Crippen molar-refractivity contribution in [3.05, 3.63) is 54.3 Å². The molecule has 6 nitrogen and oxygen atoms in total. The number of halogens is 1.